The summed E-state index contributed by atoms with van der Waals surface area (Å²) in [6, 6.07) is 21.8. The van der Waals surface area contributed by atoms with Crippen LogP contribution in [0.1, 0.15) is 80.1 Å². The Morgan fingerprint density at radius 3 is 2.37 bits per heavy atom. The molecule has 0 atom stereocenters. The molecule has 3 aromatic carbocycles. The van der Waals surface area contributed by atoms with Crippen LogP contribution in [0.15, 0.2) is 77.6 Å². The van der Waals surface area contributed by atoms with Gasteiger partial charge in [-0.3, -0.25) is 19.0 Å². The molecule has 1 aromatic heterocycles. The van der Waals surface area contributed by atoms with Crippen LogP contribution in [0.4, 0.5) is 5.69 Å². The Bertz CT molecular complexity index is 1580. The number of benzene rings is 3. The van der Waals surface area contributed by atoms with Crippen molar-refractivity contribution < 1.29 is 14.7 Å². The summed E-state index contributed by atoms with van der Waals surface area (Å²) >= 11 is 0. The average Bonchev–Trinajstić information content (AvgIpc) is 2.99. The first-order valence-electron chi connectivity index (χ1n) is 14.7. The summed E-state index contributed by atoms with van der Waals surface area (Å²) < 4.78 is 1.20. The largest absolute Gasteiger partial charge is 0.480 e. The van der Waals surface area contributed by atoms with Crippen LogP contribution >= 0.6 is 0 Å². The zero-order valence-electron chi connectivity index (χ0n) is 23.5. The molecule has 0 aliphatic heterocycles. The van der Waals surface area contributed by atoms with E-state index in [0.717, 1.165) is 5.92 Å². The number of hydrogen-bond acceptors (Lipinski definition) is 4. The van der Waals surface area contributed by atoms with Gasteiger partial charge in [0.25, 0.3) is 11.5 Å². The highest BCUT2D eigenvalue weighted by atomic mass is 16.4. The van der Waals surface area contributed by atoms with Gasteiger partial charge >= 0.3 is 5.97 Å². The van der Waals surface area contributed by atoms with E-state index in [1.165, 1.54) is 61.5 Å². The second-order valence-corrected chi connectivity index (χ2v) is 11.1. The van der Waals surface area contributed by atoms with Crippen molar-refractivity contribution in [2.75, 3.05) is 5.32 Å². The molecule has 4 aromatic rings. The lowest BCUT2D eigenvalue weighted by atomic mass is 9.77. The van der Waals surface area contributed by atoms with Crippen molar-refractivity contribution in [1.82, 2.24) is 9.55 Å². The van der Waals surface area contributed by atoms with Gasteiger partial charge in [0.1, 0.15) is 12.2 Å². The van der Waals surface area contributed by atoms with Gasteiger partial charge < -0.3 is 10.4 Å². The summed E-state index contributed by atoms with van der Waals surface area (Å²) in [6.45, 7) is 1.76. The smallest absolute Gasteiger partial charge is 0.323 e. The van der Waals surface area contributed by atoms with E-state index in [2.05, 4.69) is 29.4 Å². The number of unbranched alkanes of at least 4 members (excludes halogenated alkanes) is 2. The Morgan fingerprint density at radius 1 is 0.927 bits per heavy atom. The molecule has 1 saturated carbocycles. The lowest BCUT2D eigenvalue weighted by Gasteiger charge is -2.29. The number of rotatable bonds is 10. The first-order valence-corrected chi connectivity index (χ1v) is 14.7. The third kappa shape index (κ3) is 6.56. The number of carbonyl (C=O) groups excluding carboxylic acids is 1. The van der Waals surface area contributed by atoms with E-state index in [-0.39, 0.29) is 11.6 Å². The van der Waals surface area contributed by atoms with Crippen LogP contribution in [-0.4, -0.2) is 26.5 Å². The number of aliphatic carboxylic acids is 1. The Balaban J connectivity index is 1.33. The molecule has 1 fully saturated rings. The fourth-order valence-electron chi connectivity index (χ4n) is 6.03. The summed E-state index contributed by atoms with van der Waals surface area (Å²) in [5.41, 5.74) is 3.18. The number of para-hydroxylation sites is 3. The van der Waals surface area contributed by atoms with Gasteiger partial charge in [-0.1, -0.05) is 75.1 Å². The topological polar surface area (TPSA) is 101 Å². The van der Waals surface area contributed by atoms with E-state index in [1.807, 2.05) is 12.1 Å². The minimum absolute atomic E-state index is 0.0847. The zero-order chi connectivity index (χ0) is 28.8. The van der Waals surface area contributed by atoms with Gasteiger partial charge in [-0.2, -0.15) is 0 Å². The maximum atomic E-state index is 13.4. The molecular formula is C34H37N3O4. The summed E-state index contributed by atoms with van der Waals surface area (Å²) in [4.78, 5) is 42.8. The number of carboxylic acids is 1. The van der Waals surface area contributed by atoms with Gasteiger partial charge in [0.2, 0.25) is 0 Å². The second-order valence-electron chi connectivity index (χ2n) is 11.1. The minimum Gasteiger partial charge on any atom is -0.480 e. The molecule has 41 heavy (non-hydrogen) atoms. The van der Waals surface area contributed by atoms with Crippen LogP contribution in [0.2, 0.25) is 0 Å². The first-order chi connectivity index (χ1) is 19.9. The molecule has 1 amide bonds. The Hall–Kier alpha value is -4.26. The molecule has 212 valence electrons. The average molecular weight is 552 g/mol. The zero-order valence-corrected chi connectivity index (χ0v) is 23.5. The maximum Gasteiger partial charge on any atom is 0.323 e. The van der Waals surface area contributed by atoms with Crippen LogP contribution in [0.5, 0.6) is 0 Å². The number of carbonyl (C=O) groups is 2. The SMILES string of the molecule is CCCCCC1CCC(c2ccc(C(=O)Nc3ccccc3-c3nc4ccccc4n(CC(=O)O)c3=O)cc2)CC1. The molecule has 1 aliphatic rings. The van der Waals surface area contributed by atoms with Crippen LogP contribution < -0.4 is 10.9 Å². The first kappa shape index (κ1) is 28.3. The van der Waals surface area contributed by atoms with Gasteiger partial charge in [0.15, 0.2) is 0 Å². The minimum atomic E-state index is -1.13. The van der Waals surface area contributed by atoms with Crippen LogP contribution in [-0.2, 0) is 11.3 Å². The molecule has 0 saturated heterocycles. The normalized spacial score (nSPS) is 16.9. The summed E-state index contributed by atoms with van der Waals surface area (Å²) in [5.74, 6) is -0.00907. The molecule has 5 rings (SSSR count). The highest BCUT2D eigenvalue weighted by Gasteiger charge is 2.23. The van der Waals surface area contributed by atoms with Crippen molar-refractivity contribution in [3.8, 4) is 11.3 Å². The number of amides is 1. The maximum absolute atomic E-state index is 13.4. The fourth-order valence-corrected chi connectivity index (χ4v) is 6.03. The third-order valence-electron chi connectivity index (χ3n) is 8.28. The highest BCUT2D eigenvalue weighted by molar-refractivity contribution is 6.06. The molecule has 1 aliphatic carbocycles. The summed E-state index contributed by atoms with van der Waals surface area (Å²) in [6.07, 6.45) is 10.3. The Kier molecular flexibility index (Phi) is 8.92. The monoisotopic (exact) mass is 551 g/mol. The van der Waals surface area contributed by atoms with Crippen LogP contribution in [0.25, 0.3) is 22.3 Å². The van der Waals surface area contributed by atoms with Crippen molar-refractivity contribution in [2.24, 2.45) is 5.92 Å². The number of anilines is 1. The molecule has 0 unspecified atom stereocenters. The quantitative estimate of drug-likeness (QED) is 0.202. The van der Waals surface area contributed by atoms with E-state index >= 15 is 0 Å². The van der Waals surface area contributed by atoms with Gasteiger partial charge in [-0.05, 0) is 73.4 Å². The standard InChI is InChI=1S/C34H37N3O4/c1-2-3-4-9-23-14-16-24(17-15-23)25-18-20-26(21-19-25)33(40)36-28-11-6-5-10-27(28)32-34(41)37(22-31(38)39)30-13-8-7-12-29(30)35-32/h5-8,10-13,18-21,23-24H,2-4,9,14-17,22H2,1H3,(H,36,40)(H,38,39). The molecule has 0 bridgehead atoms. The third-order valence-corrected chi connectivity index (χ3v) is 8.28. The highest BCUT2D eigenvalue weighted by Crippen LogP contribution is 2.38. The summed E-state index contributed by atoms with van der Waals surface area (Å²) in [5, 5.41) is 12.4. The van der Waals surface area contributed by atoms with Gasteiger partial charge in [-0.15, -0.1) is 0 Å². The van der Waals surface area contributed by atoms with E-state index in [9.17, 15) is 19.5 Å². The van der Waals surface area contributed by atoms with Crippen molar-refractivity contribution in [2.45, 2.75) is 70.8 Å². The number of aromatic nitrogens is 2. The number of nitrogens with zero attached hydrogens (tertiary/aromatic N) is 2. The Labute approximate surface area is 240 Å². The lowest BCUT2D eigenvalue weighted by Crippen LogP contribution is -2.27. The predicted octanol–water partition coefficient (Wildman–Crippen LogP) is 7.25. The number of hydrogen-bond donors (Lipinski definition) is 2. The molecule has 2 N–H and O–H groups in total. The predicted molar refractivity (Wildman–Crippen MR) is 162 cm³/mol. The summed E-state index contributed by atoms with van der Waals surface area (Å²) in [7, 11) is 0. The fraction of sp³-hybridized carbons (Fsp3) is 0.353. The van der Waals surface area contributed by atoms with Gasteiger partial charge in [0, 0.05) is 11.1 Å². The van der Waals surface area contributed by atoms with E-state index in [4.69, 9.17) is 0 Å². The molecule has 7 nitrogen and oxygen atoms in total. The van der Waals surface area contributed by atoms with E-state index in [1.54, 1.807) is 48.5 Å². The Morgan fingerprint density at radius 2 is 1.63 bits per heavy atom. The second kappa shape index (κ2) is 12.9. The van der Waals surface area contributed by atoms with Crippen LogP contribution in [0, 0.1) is 5.92 Å². The molecule has 0 spiro atoms. The van der Waals surface area contributed by atoms with Crippen molar-refractivity contribution in [3.05, 3.63) is 94.3 Å². The van der Waals surface area contributed by atoms with E-state index < -0.39 is 18.1 Å². The van der Waals surface area contributed by atoms with Gasteiger partial charge in [-0.25, -0.2) is 4.98 Å². The van der Waals surface area contributed by atoms with E-state index in [0.29, 0.717) is 33.8 Å². The van der Waals surface area contributed by atoms with Crippen molar-refractivity contribution in [1.29, 1.82) is 0 Å². The number of carboxylic acid groups (broad SMARTS) is 1. The molecule has 7 heteroatoms. The van der Waals surface area contributed by atoms with Crippen molar-refractivity contribution in [3.63, 3.8) is 0 Å². The van der Waals surface area contributed by atoms with Gasteiger partial charge in [0.05, 0.1) is 16.7 Å². The lowest BCUT2D eigenvalue weighted by molar-refractivity contribution is -0.137. The molecule has 0 radical (unpaired) electrons. The molecular weight excluding hydrogens is 514 g/mol. The number of nitrogens with one attached hydrogen (secondary N) is 1. The number of fused-ring (bicyclic) bond motifs is 1. The van der Waals surface area contributed by atoms with Crippen LogP contribution in [0.3, 0.4) is 0 Å². The molecule has 1 heterocycles. The van der Waals surface area contributed by atoms with Crippen molar-refractivity contribution >= 4 is 28.6 Å².